The molecular formula is C32H41NO5S. The van der Waals surface area contributed by atoms with Crippen LogP contribution in [0.15, 0.2) is 42.5 Å². The van der Waals surface area contributed by atoms with E-state index in [1.165, 1.54) is 24.0 Å². The SMILES string of the molecule is COC(=O)c1sc(C2=CCC(Oc3ccccc3)CC2)cc1N(C(=O)[C@H]1CC[C@H](C)CC1)[C@H]1CC[C@H](O)CC1. The molecule has 0 radical (unpaired) electrons. The zero-order valence-corrected chi connectivity index (χ0v) is 24.0. The third-order valence-corrected chi connectivity index (χ3v) is 9.88. The van der Waals surface area contributed by atoms with E-state index in [1.807, 2.05) is 35.2 Å². The monoisotopic (exact) mass is 551 g/mol. The van der Waals surface area contributed by atoms with Crippen molar-refractivity contribution in [1.29, 1.82) is 0 Å². The number of carbonyl (C=O) groups excluding carboxylic acids is 2. The van der Waals surface area contributed by atoms with E-state index < -0.39 is 5.97 Å². The standard InChI is InChI=1S/C32H41NO5S/c1-21-8-10-23(11-9-21)31(35)33(24-14-16-25(34)17-15-24)28-20-29(39-30(28)32(36)37-2)22-12-18-27(19-13-22)38-26-6-4-3-5-7-26/h3-7,12,20-21,23-25,27,34H,8-11,13-19H2,1-2H3/t21-,23-,24-,25-,27?. The van der Waals surface area contributed by atoms with Crippen molar-refractivity contribution in [3.8, 4) is 5.75 Å². The van der Waals surface area contributed by atoms with Gasteiger partial charge in [0.25, 0.3) is 0 Å². The minimum Gasteiger partial charge on any atom is -0.490 e. The Morgan fingerprint density at radius 2 is 1.69 bits per heavy atom. The van der Waals surface area contributed by atoms with E-state index in [-0.39, 0.29) is 30.1 Å². The first-order chi connectivity index (χ1) is 18.9. The summed E-state index contributed by atoms with van der Waals surface area (Å²) in [5, 5.41) is 10.2. The van der Waals surface area contributed by atoms with Crippen molar-refractivity contribution in [2.75, 3.05) is 12.0 Å². The molecule has 1 amide bonds. The largest absolute Gasteiger partial charge is 0.490 e. The second-order valence-corrected chi connectivity index (χ2v) is 12.6. The number of aliphatic hydroxyl groups excluding tert-OH is 1. The van der Waals surface area contributed by atoms with Gasteiger partial charge in [0, 0.05) is 23.3 Å². The minimum atomic E-state index is -0.395. The molecule has 2 fully saturated rings. The van der Waals surface area contributed by atoms with E-state index in [4.69, 9.17) is 9.47 Å². The van der Waals surface area contributed by atoms with Crippen molar-refractivity contribution >= 4 is 34.5 Å². The van der Waals surface area contributed by atoms with Gasteiger partial charge < -0.3 is 19.5 Å². The zero-order chi connectivity index (χ0) is 27.4. The van der Waals surface area contributed by atoms with Crippen LogP contribution in [0.1, 0.15) is 92.1 Å². The molecule has 1 N–H and O–H groups in total. The molecule has 7 heteroatoms. The number of benzene rings is 1. The summed E-state index contributed by atoms with van der Waals surface area (Å²) in [6.45, 7) is 2.26. The summed E-state index contributed by atoms with van der Waals surface area (Å²) in [5.41, 5.74) is 1.89. The first-order valence-corrected chi connectivity index (χ1v) is 15.4. The molecule has 3 aliphatic carbocycles. The van der Waals surface area contributed by atoms with Crippen molar-refractivity contribution in [3.63, 3.8) is 0 Å². The molecule has 1 unspecified atom stereocenters. The van der Waals surface area contributed by atoms with Gasteiger partial charge in [-0.3, -0.25) is 4.79 Å². The highest BCUT2D eigenvalue weighted by molar-refractivity contribution is 7.15. The summed E-state index contributed by atoms with van der Waals surface area (Å²) in [7, 11) is 1.41. The average molecular weight is 552 g/mol. The highest BCUT2D eigenvalue weighted by Gasteiger charge is 2.37. The quantitative estimate of drug-likeness (QED) is 0.375. The van der Waals surface area contributed by atoms with Crippen LogP contribution in [0.5, 0.6) is 5.75 Å². The Hall–Kier alpha value is -2.64. The van der Waals surface area contributed by atoms with Crippen molar-refractivity contribution < 1.29 is 24.2 Å². The topological polar surface area (TPSA) is 76.1 Å². The van der Waals surface area contributed by atoms with E-state index in [1.54, 1.807) is 0 Å². The summed E-state index contributed by atoms with van der Waals surface area (Å²) >= 11 is 1.43. The van der Waals surface area contributed by atoms with E-state index in [2.05, 4.69) is 19.1 Å². The number of hydrogen-bond acceptors (Lipinski definition) is 6. The van der Waals surface area contributed by atoms with Gasteiger partial charge >= 0.3 is 5.97 Å². The fourth-order valence-electron chi connectivity index (χ4n) is 6.31. The average Bonchev–Trinajstić information content (AvgIpc) is 3.40. The summed E-state index contributed by atoms with van der Waals surface area (Å²) < 4.78 is 11.4. The van der Waals surface area contributed by atoms with Gasteiger partial charge in [0.15, 0.2) is 0 Å². The maximum Gasteiger partial charge on any atom is 0.350 e. The third-order valence-electron chi connectivity index (χ3n) is 8.70. The molecule has 0 bridgehead atoms. The lowest BCUT2D eigenvalue weighted by Gasteiger charge is -2.39. The Morgan fingerprint density at radius 1 is 0.974 bits per heavy atom. The highest BCUT2D eigenvalue weighted by atomic mass is 32.1. The van der Waals surface area contributed by atoms with E-state index in [0.717, 1.165) is 68.4 Å². The van der Waals surface area contributed by atoms with Gasteiger partial charge in [0.1, 0.15) is 16.7 Å². The summed E-state index contributed by atoms with van der Waals surface area (Å²) in [6, 6.07) is 11.9. The first-order valence-electron chi connectivity index (χ1n) is 14.6. The van der Waals surface area contributed by atoms with E-state index >= 15 is 0 Å². The van der Waals surface area contributed by atoms with Crippen LogP contribution in [0.25, 0.3) is 5.57 Å². The van der Waals surface area contributed by atoms with Gasteiger partial charge in [0.05, 0.1) is 18.9 Å². The van der Waals surface area contributed by atoms with Crippen LogP contribution < -0.4 is 9.64 Å². The molecule has 39 heavy (non-hydrogen) atoms. The lowest BCUT2D eigenvalue weighted by Crippen LogP contribution is -2.47. The Balaban J connectivity index is 1.43. The number of rotatable bonds is 7. The maximum absolute atomic E-state index is 14.1. The molecule has 2 saturated carbocycles. The number of anilines is 1. The van der Waals surface area contributed by atoms with Crippen LogP contribution in [0.2, 0.25) is 0 Å². The number of thiophene rings is 1. The van der Waals surface area contributed by atoms with Crippen molar-refractivity contribution in [2.24, 2.45) is 11.8 Å². The molecule has 3 aliphatic rings. The fraction of sp³-hybridized carbons (Fsp3) is 0.562. The molecule has 0 spiro atoms. The third kappa shape index (κ3) is 6.58. The Labute approximate surface area is 236 Å². The normalized spacial score (nSPS) is 27.4. The molecule has 5 rings (SSSR count). The number of ether oxygens (including phenoxy) is 2. The zero-order valence-electron chi connectivity index (χ0n) is 23.1. The number of carbonyl (C=O) groups is 2. The number of esters is 1. The second-order valence-electron chi connectivity index (χ2n) is 11.5. The van der Waals surface area contributed by atoms with Crippen LogP contribution in [0.3, 0.4) is 0 Å². The number of aliphatic hydroxyl groups is 1. The smallest absolute Gasteiger partial charge is 0.350 e. The minimum absolute atomic E-state index is 0.0184. The van der Waals surface area contributed by atoms with E-state index in [0.29, 0.717) is 29.3 Å². The van der Waals surface area contributed by atoms with Crippen molar-refractivity contribution in [2.45, 2.75) is 95.8 Å². The number of amides is 1. The molecule has 1 aromatic carbocycles. The highest BCUT2D eigenvalue weighted by Crippen LogP contribution is 2.42. The Kier molecular flexibility index (Phi) is 9.08. The van der Waals surface area contributed by atoms with Gasteiger partial charge in [0.2, 0.25) is 5.91 Å². The van der Waals surface area contributed by atoms with Crippen molar-refractivity contribution in [3.05, 3.63) is 52.2 Å². The lowest BCUT2D eigenvalue weighted by molar-refractivity contribution is -0.124. The van der Waals surface area contributed by atoms with Gasteiger partial charge in [-0.1, -0.05) is 31.2 Å². The lowest BCUT2D eigenvalue weighted by atomic mass is 9.81. The van der Waals surface area contributed by atoms with Gasteiger partial charge in [-0.15, -0.1) is 11.3 Å². The van der Waals surface area contributed by atoms with Crippen LogP contribution >= 0.6 is 11.3 Å². The van der Waals surface area contributed by atoms with Crippen LogP contribution in [0.4, 0.5) is 5.69 Å². The van der Waals surface area contributed by atoms with Gasteiger partial charge in [-0.2, -0.15) is 0 Å². The summed E-state index contributed by atoms with van der Waals surface area (Å²) in [6.07, 6.45) is 11.3. The molecule has 1 aromatic heterocycles. The predicted octanol–water partition coefficient (Wildman–Crippen LogP) is 7.01. The van der Waals surface area contributed by atoms with Crippen LogP contribution in [-0.4, -0.2) is 42.3 Å². The number of allylic oxidation sites excluding steroid dienone is 1. The first kappa shape index (κ1) is 27.9. The second kappa shape index (κ2) is 12.7. The molecule has 0 saturated heterocycles. The van der Waals surface area contributed by atoms with Crippen LogP contribution in [0, 0.1) is 11.8 Å². The van der Waals surface area contributed by atoms with E-state index in [9.17, 15) is 14.7 Å². The summed E-state index contributed by atoms with van der Waals surface area (Å²) in [5.74, 6) is 1.25. The number of hydrogen-bond donors (Lipinski definition) is 1. The molecular weight excluding hydrogens is 510 g/mol. The maximum atomic E-state index is 14.1. The molecule has 210 valence electrons. The fourth-order valence-corrected chi connectivity index (χ4v) is 7.44. The van der Waals surface area contributed by atoms with Crippen molar-refractivity contribution in [1.82, 2.24) is 0 Å². The number of para-hydroxylation sites is 1. The van der Waals surface area contributed by atoms with Crippen LogP contribution in [-0.2, 0) is 9.53 Å². The molecule has 0 aliphatic heterocycles. The van der Waals surface area contributed by atoms with Gasteiger partial charge in [-0.05, 0) is 93.9 Å². The molecule has 6 nitrogen and oxygen atoms in total. The molecule has 2 aromatic rings. The Morgan fingerprint density at radius 3 is 2.33 bits per heavy atom. The predicted molar refractivity (Wildman–Crippen MR) is 155 cm³/mol. The number of nitrogens with zero attached hydrogens (tertiary/aromatic N) is 1. The molecule has 1 heterocycles. The number of methoxy groups -OCH3 is 1. The summed E-state index contributed by atoms with van der Waals surface area (Å²) in [4.78, 5) is 30.6. The Bertz CT molecular complexity index is 1160. The van der Waals surface area contributed by atoms with Gasteiger partial charge in [-0.25, -0.2) is 4.79 Å². The molecule has 1 atom stereocenters.